The van der Waals surface area contributed by atoms with Gasteiger partial charge in [-0.1, -0.05) is 13.3 Å². The zero-order valence-electron chi connectivity index (χ0n) is 20.3. The van der Waals surface area contributed by atoms with E-state index in [-0.39, 0.29) is 5.43 Å². The van der Waals surface area contributed by atoms with E-state index < -0.39 is 23.7 Å². The predicted octanol–water partition coefficient (Wildman–Crippen LogP) is 5.39. The Morgan fingerprint density at radius 2 is 2.00 bits per heavy atom. The highest BCUT2D eigenvalue weighted by Crippen LogP contribution is 2.29. The summed E-state index contributed by atoms with van der Waals surface area (Å²) in [6.45, 7) is 10.6. The molecule has 2 heterocycles. The molecular formula is C25H30N2O6S. The maximum atomic E-state index is 13.2. The topological polar surface area (TPSA) is 108 Å². The van der Waals surface area contributed by atoms with Gasteiger partial charge in [0, 0.05) is 11.4 Å². The van der Waals surface area contributed by atoms with E-state index in [1.165, 1.54) is 24.5 Å². The molecule has 1 N–H and O–H groups in total. The monoisotopic (exact) mass is 486 g/mol. The van der Waals surface area contributed by atoms with Crippen LogP contribution in [0.15, 0.2) is 33.0 Å². The lowest BCUT2D eigenvalue weighted by Gasteiger charge is -2.21. The van der Waals surface area contributed by atoms with Gasteiger partial charge in [-0.25, -0.2) is 14.6 Å². The number of esters is 1. The van der Waals surface area contributed by atoms with E-state index in [0.29, 0.717) is 40.0 Å². The number of carbonyl (C=O) groups is 2. The number of carbonyl (C=O) groups excluding carboxylic acids is 2. The number of aromatic nitrogens is 1. The minimum atomic E-state index is -0.938. The molecule has 0 aliphatic carbocycles. The van der Waals surface area contributed by atoms with Gasteiger partial charge < -0.3 is 19.2 Å². The SMILES string of the molecule is CCCCc1cc2c(=O)c(-c3csc(C)n3)coc2cc1OC(=O)[C@H](C)NC(=O)OC(C)(C)C. The molecule has 0 spiro atoms. The van der Waals surface area contributed by atoms with Gasteiger partial charge in [-0.3, -0.25) is 4.79 Å². The molecule has 0 aliphatic rings. The highest BCUT2D eigenvalue weighted by Gasteiger charge is 2.24. The number of hydrogen-bond donors (Lipinski definition) is 1. The number of amides is 1. The smallest absolute Gasteiger partial charge is 0.408 e. The van der Waals surface area contributed by atoms with Crippen molar-refractivity contribution in [2.24, 2.45) is 0 Å². The summed E-state index contributed by atoms with van der Waals surface area (Å²) in [7, 11) is 0. The number of nitrogens with zero attached hydrogens (tertiary/aromatic N) is 1. The summed E-state index contributed by atoms with van der Waals surface area (Å²) in [4.78, 5) is 42.3. The Kier molecular flexibility index (Phi) is 7.76. The number of hydrogen-bond acceptors (Lipinski definition) is 8. The summed E-state index contributed by atoms with van der Waals surface area (Å²) in [5, 5.41) is 5.55. The van der Waals surface area contributed by atoms with Crippen LogP contribution >= 0.6 is 11.3 Å². The first-order chi connectivity index (χ1) is 16.0. The van der Waals surface area contributed by atoms with Gasteiger partial charge in [-0.2, -0.15) is 0 Å². The molecular weight excluding hydrogens is 456 g/mol. The molecule has 9 heteroatoms. The Morgan fingerprint density at radius 1 is 1.26 bits per heavy atom. The van der Waals surface area contributed by atoms with E-state index >= 15 is 0 Å². The molecule has 0 bridgehead atoms. The lowest BCUT2D eigenvalue weighted by molar-refractivity contribution is -0.136. The van der Waals surface area contributed by atoms with E-state index in [4.69, 9.17) is 13.9 Å². The third-order valence-corrected chi connectivity index (χ3v) is 5.72. The maximum Gasteiger partial charge on any atom is 0.408 e. The van der Waals surface area contributed by atoms with Crippen LogP contribution in [0.25, 0.3) is 22.2 Å². The number of aryl methyl sites for hydroxylation is 2. The second-order valence-electron chi connectivity index (χ2n) is 9.08. The minimum Gasteiger partial charge on any atom is -0.463 e. The van der Waals surface area contributed by atoms with Crippen LogP contribution in [0.2, 0.25) is 0 Å². The predicted molar refractivity (Wildman–Crippen MR) is 131 cm³/mol. The lowest BCUT2D eigenvalue weighted by Crippen LogP contribution is -2.43. The summed E-state index contributed by atoms with van der Waals surface area (Å²) >= 11 is 1.46. The second kappa shape index (κ2) is 10.4. The van der Waals surface area contributed by atoms with Crippen LogP contribution < -0.4 is 15.5 Å². The Bertz CT molecular complexity index is 1250. The number of unbranched alkanes of at least 4 members (excludes halogenated alkanes) is 1. The molecule has 0 radical (unpaired) electrons. The maximum absolute atomic E-state index is 13.2. The Balaban J connectivity index is 1.91. The standard InChI is InChI=1S/C25H30N2O6S/c1-7-8-9-16-10-17-21(31-12-18(22(17)28)19-13-34-15(3)27-19)11-20(16)32-23(29)14(2)26-24(30)33-25(4,5)6/h10-14H,7-9H2,1-6H3,(H,26,30)/t14-/m0/s1. The number of rotatable bonds is 7. The number of ether oxygens (including phenoxy) is 2. The normalized spacial score (nSPS) is 12.4. The van der Waals surface area contributed by atoms with Gasteiger partial charge >= 0.3 is 12.1 Å². The van der Waals surface area contributed by atoms with Gasteiger partial charge in [-0.05, 0) is 59.1 Å². The molecule has 1 atom stereocenters. The number of fused-ring (bicyclic) bond motifs is 1. The summed E-state index contributed by atoms with van der Waals surface area (Å²) in [5.74, 6) is -0.357. The van der Waals surface area contributed by atoms with E-state index in [9.17, 15) is 14.4 Å². The van der Waals surface area contributed by atoms with Gasteiger partial charge in [0.05, 0.1) is 21.7 Å². The molecule has 0 aliphatic heterocycles. The van der Waals surface area contributed by atoms with E-state index in [1.54, 1.807) is 32.9 Å². The van der Waals surface area contributed by atoms with Crippen LogP contribution in [0.5, 0.6) is 5.75 Å². The van der Waals surface area contributed by atoms with Gasteiger partial charge in [-0.15, -0.1) is 11.3 Å². The Hall–Kier alpha value is -3.20. The highest BCUT2D eigenvalue weighted by molar-refractivity contribution is 7.09. The molecule has 8 nitrogen and oxygen atoms in total. The molecule has 3 rings (SSSR count). The van der Waals surface area contributed by atoms with Crippen LogP contribution in [0, 0.1) is 6.92 Å². The Morgan fingerprint density at radius 3 is 2.62 bits per heavy atom. The van der Waals surface area contributed by atoms with Crippen LogP contribution in [0.4, 0.5) is 4.79 Å². The highest BCUT2D eigenvalue weighted by atomic mass is 32.1. The van der Waals surface area contributed by atoms with Gasteiger partial charge in [0.15, 0.2) is 0 Å². The Labute approximate surface area is 202 Å². The quantitative estimate of drug-likeness (QED) is 0.352. The first-order valence-corrected chi connectivity index (χ1v) is 12.1. The molecule has 0 saturated heterocycles. The van der Waals surface area contributed by atoms with Gasteiger partial charge in [0.1, 0.15) is 29.2 Å². The van der Waals surface area contributed by atoms with Crippen LogP contribution in [0.1, 0.15) is 58.0 Å². The molecule has 0 unspecified atom stereocenters. The molecule has 0 saturated carbocycles. The molecule has 3 aromatic rings. The third kappa shape index (κ3) is 6.22. The fraction of sp³-hybridized carbons (Fsp3) is 0.440. The summed E-state index contributed by atoms with van der Waals surface area (Å²) in [6, 6.07) is 2.33. The van der Waals surface area contributed by atoms with Crippen molar-refractivity contribution in [3.8, 4) is 17.0 Å². The van der Waals surface area contributed by atoms with Gasteiger partial charge in [0.2, 0.25) is 5.43 Å². The number of alkyl carbamates (subject to hydrolysis) is 1. The average Bonchev–Trinajstić information content (AvgIpc) is 3.17. The first-order valence-electron chi connectivity index (χ1n) is 11.2. The lowest BCUT2D eigenvalue weighted by atomic mass is 10.0. The summed E-state index contributed by atoms with van der Waals surface area (Å²) in [5.41, 5.74) is 1.10. The average molecular weight is 487 g/mol. The van der Waals surface area contributed by atoms with Gasteiger partial charge in [0.25, 0.3) is 0 Å². The molecule has 0 fully saturated rings. The van der Waals surface area contributed by atoms with Crippen molar-refractivity contribution in [1.82, 2.24) is 10.3 Å². The van der Waals surface area contributed by atoms with Crippen molar-refractivity contribution in [2.75, 3.05) is 0 Å². The van der Waals surface area contributed by atoms with Crippen molar-refractivity contribution < 1.29 is 23.5 Å². The summed E-state index contributed by atoms with van der Waals surface area (Å²) < 4.78 is 16.5. The fourth-order valence-corrected chi connectivity index (χ4v) is 3.88. The molecule has 2 aromatic heterocycles. The third-order valence-electron chi connectivity index (χ3n) is 4.95. The van der Waals surface area contributed by atoms with Crippen LogP contribution in [-0.2, 0) is 16.0 Å². The zero-order chi connectivity index (χ0) is 25.0. The van der Waals surface area contributed by atoms with Crippen LogP contribution in [-0.4, -0.2) is 28.7 Å². The van der Waals surface area contributed by atoms with Crippen molar-refractivity contribution in [3.63, 3.8) is 0 Å². The van der Waals surface area contributed by atoms with Crippen molar-refractivity contribution >= 4 is 34.4 Å². The van der Waals surface area contributed by atoms with E-state index in [1.807, 2.05) is 12.3 Å². The van der Waals surface area contributed by atoms with Crippen molar-refractivity contribution in [3.05, 3.63) is 44.6 Å². The second-order valence-corrected chi connectivity index (χ2v) is 10.1. The summed E-state index contributed by atoms with van der Waals surface area (Å²) in [6.07, 6.45) is 3.05. The molecule has 34 heavy (non-hydrogen) atoms. The van der Waals surface area contributed by atoms with Crippen molar-refractivity contribution in [2.45, 2.75) is 72.4 Å². The molecule has 182 valence electrons. The number of nitrogens with one attached hydrogen (secondary N) is 1. The minimum absolute atomic E-state index is 0.192. The zero-order valence-corrected chi connectivity index (χ0v) is 21.1. The number of benzene rings is 1. The largest absolute Gasteiger partial charge is 0.463 e. The van der Waals surface area contributed by atoms with Crippen LogP contribution in [0.3, 0.4) is 0 Å². The van der Waals surface area contributed by atoms with Crippen molar-refractivity contribution in [1.29, 1.82) is 0 Å². The molecule has 1 amide bonds. The number of thiazole rings is 1. The van der Waals surface area contributed by atoms with E-state index in [0.717, 1.165) is 17.8 Å². The first kappa shape index (κ1) is 25.4. The fourth-order valence-electron chi connectivity index (χ4n) is 3.26. The molecule has 1 aromatic carbocycles. The van der Waals surface area contributed by atoms with E-state index in [2.05, 4.69) is 17.2 Å².